The van der Waals surface area contributed by atoms with E-state index in [4.69, 9.17) is 28.2 Å². The van der Waals surface area contributed by atoms with Gasteiger partial charge in [-0.15, -0.1) is 0 Å². The van der Waals surface area contributed by atoms with Crippen molar-refractivity contribution >= 4 is 45.7 Å². The molecule has 4 aromatic rings. The van der Waals surface area contributed by atoms with Crippen molar-refractivity contribution in [2.45, 2.75) is 13.3 Å². The van der Waals surface area contributed by atoms with Gasteiger partial charge in [-0.1, -0.05) is 54.4 Å². The molecule has 0 bridgehead atoms. The maximum atomic E-state index is 13.2. The lowest BCUT2D eigenvalue weighted by atomic mass is 10.0. The van der Waals surface area contributed by atoms with Crippen LogP contribution in [0.4, 0.5) is 5.69 Å². The Kier molecular flexibility index (Phi) is 5.52. The number of carbonyl (C=O) groups excluding carboxylic acids is 1. The number of halogens is 2. The fourth-order valence-electron chi connectivity index (χ4n) is 3.21. The van der Waals surface area contributed by atoms with Crippen molar-refractivity contribution < 1.29 is 4.79 Å². The van der Waals surface area contributed by atoms with Crippen LogP contribution in [-0.2, 0) is 6.42 Å². The molecule has 0 aliphatic carbocycles. The second kappa shape index (κ2) is 8.24. The van der Waals surface area contributed by atoms with E-state index in [-0.39, 0.29) is 5.91 Å². The van der Waals surface area contributed by atoms with Crippen LogP contribution in [0.15, 0.2) is 72.8 Å². The van der Waals surface area contributed by atoms with Crippen molar-refractivity contribution in [2.75, 3.05) is 5.32 Å². The standard InChI is InChI=1S/C24H18Cl2N2O/c1-2-15-6-11-22-20(12-15)21(24(29)27-19-5-3-4-18(26)13-19)14-23(28-22)16-7-9-17(25)10-8-16/h3-14H,2H2,1H3,(H,27,29). The summed E-state index contributed by atoms with van der Waals surface area (Å²) in [7, 11) is 0. The summed E-state index contributed by atoms with van der Waals surface area (Å²) in [6.45, 7) is 2.09. The van der Waals surface area contributed by atoms with E-state index < -0.39 is 0 Å². The Morgan fingerprint density at radius 1 is 0.931 bits per heavy atom. The van der Waals surface area contributed by atoms with Crippen LogP contribution in [0, 0.1) is 0 Å². The highest BCUT2D eigenvalue weighted by Gasteiger charge is 2.15. The Balaban J connectivity index is 1.84. The van der Waals surface area contributed by atoms with E-state index in [1.165, 1.54) is 0 Å². The van der Waals surface area contributed by atoms with E-state index in [1.807, 2.05) is 54.6 Å². The van der Waals surface area contributed by atoms with Gasteiger partial charge in [-0.05, 0) is 60.5 Å². The second-order valence-electron chi connectivity index (χ2n) is 6.73. The molecule has 1 aromatic heterocycles. The number of amides is 1. The van der Waals surface area contributed by atoms with Gasteiger partial charge in [-0.2, -0.15) is 0 Å². The van der Waals surface area contributed by atoms with E-state index >= 15 is 0 Å². The zero-order chi connectivity index (χ0) is 20.4. The third kappa shape index (κ3) is 4.26. The lowest BCUT2D eigenvalue weighted by Gasteiger charge is -2.12. The van der Waals surface area contributed by atoms with Crippen molar-refractivity contribution in [1.82, 2.24) is 4.98 Å². The molecule has 0 atom stereocenters. The Morgan fingerprint density at radius 2 is 1.72 bits per heavy atom. The molecular weight excluding hydrogens is 403 g/mol. The number of aromatic nitrogens is 1. The lowest BCUT2D eigenvalue weighted by Crippen LogP contribution is -2.13. The summed E-state index contributed by atoms with van der Waals surface area (Å²) < 4.78 is 0. The van der Waals surface area contributed by atoms with Gasteiger partial charge in [0.25, 0.3) is 5.91 Å². The average Bonchev–Trinajstić information content (AvgIpc) is 2.73. The quantitative estimate of drug-likeness (QED) is 0.385. The van der Waals surface area contributed by atoms with Gasteiger partial charge in [-0.3, -0.25) is 4.79 Å². The SMILES string of the molecule is CCc1ccc2nc(-c3ccc(Cl)cc3)cc(C(=O)Nc3cccc(Cl)c3)c2c1. The highest BCUT2D eigenvalue weighted by Crippen LogP contribution is 2.28. The molecule has 0 saturated heterocycles. The van der Waals surface area contributed by atoms with Crippen molar-refractivity contribution in [3.63, 3.8) is 0 Å². The minimum absolute atomic E-state index is 0.205. The van der Waals surface area contributed by atoms with Crippen LogP contribution < -0.4 is 5.32 Å². The zero-order valence-corrected chi connectivity index (χ0v) is 17.3. The van der Waals surface area contributed by atoms with Gasteiger partial charge in [-0.25, -0.2) is 4.98 Å². The fraction of sp³-hybridized carbons (Fsp3) is 0.0833. The first kappa shape index (κ1) is 19.4. The summed E-state index contributed by atoms with van der Waals surface area (Å²) in [6, 6.07) is 22.4. The summed E-state index contributed by atoms with van der Waals surface area (Å²) in [5, 5.41) is 4.99. The molecule has 0 unspecified atom stereocenters. The molecule has 5 heteroatoms. The number of benzene rings is 3. The molecular formula is C24H18Cl2N2O. The Hall–Kier alpha value is -2.88. The molecule has 144 valence electrons. The lowest BCUT2D eigenvalue weighted by molar-refractivity contribution is 0.102. The number of nitrogens with zero attached hydrogens (tertiary/aromatic N) is 1. The highest BCUT2D eigenvalue weighted by molar-refractivity contribution is 6.31. The van der Waals surface area contributed by atoms with E-state index in [1.54, 1.807) is 18.2 Å². The van der Waals surface area contributed by atoms with Crippen molar-refractivity contribution in [1.29, 1.82) is 0 Å². The first-order chi connectivity index (χ1) is 14.0. The number of fused-ring (bicyclic) bond motifs is 1. The van der Waals surface area contributed by atoms with Crippen LogP contribution >= 0.6 is 23.2 Å². The molecule has 3 nitrogen and oxygen atoms in total. The number of nitrogens with one attached hydrogen (secondary N) is 1. The van der Waals surface area contributed by atoms with Crippen molar-refractivity contribution in [3.05, 3.63) is 94.0 Å². The summed E-state index contributed by atoms with van der Waals surface area (Å²) in [4.78, 5) is 17.9. The molecule has 0 radical (unpaired) electrons. The van der Waals surface area contributed by atoms with Crippen LogP contribution in [0.25, 0.3) is 22.2 Å². The topological polar surface area (TPSA) is 42.0 Å². The molecule has 1 amide bonds. The smallest absolute Gasteiger partial charge is 0.256 e. The van der Waals surface area contributed by atoms with Crippen LogP contribution in [0.2, 0.25) is 10.0 Å². The molecule has 3 aromatic carbocycles. The largest absolute Gasteiger partial charge is 0.322 e. The van der Waals surface area contributed by atoms with E-state index in [0.29, 0.717) is 21.3 Å². The Labute approximate surface area is 179 Å². The number of anilines is 1. The molecule has 0 saturated carbocycles. The van der Waals surface area contributed by atoms with Crippen LogP contribution in [-0.4, -0.2) is 10.9 Å². The average molecular weight is 421 g/mol. The molecule has 1 N–H and O–H groups in total. The second-order valence-corrected chi connectivity index (χ2v) is 7.60. The van der Waals surface area contributed by atoms with Crippen molar-refractivity contribution in [2.24, 2.45) is 0 Å². The molecule has 4 rings (SSSR count). The van der Waals surface area contributed by atoms with Gasteiger partial charge in [0.15, 0.2) is 0 Å². The Bertz CT molecular complexity index is 1200. The van der Waals surface area contributed by atoms with E-state index in [0.717, 1.165) is 34.1 Å². The molecule has 1 heterocycles. The molecule has 29 heavy (non-hydrogen) atoms. The molecule has 0 fully saturated rings. The van der Waals surface area contributed by atoms with Gasteiger partial charge in [0.05, 0.1) is 16.8 Å². The summed E-state index contributed by atoms with van der Waals surface area (Å²) >= 11 is 12.1. The number of hydrogen-bond donors (Lipinski definition) is 1. The number of hydrogen-bond acceptors (Lipinski definition) is 2. The number of aryl methyl sites for hydroxylation is 1. The first-order valence-electron chi connectivity index (χ1n) is 9.30. The van der Waals surface area contributed by atoms with Gasteiger partial charge in [0, 0.05) is 26.7 Å². The monoisotopic (exact) mass is 420 g/mol. The normalized spacial score (nSPS) is 10.9. The maximum Gasteiger partial charge on any atom is 0.256 e. The summed E-state index contributed by atoms with van der Waals surface area (Å²) in [5.74, 6) is -0.205. The van der Waals surface area contributed by atoms with Gasteiger partial charge in [0.2, 0.25) is 0 Å². The van der Waals surface area contributed by atoms with Gasteiger partial charge < -0.3 is 5.32 Å². The zero-order valence-electron chi connectivity index (χ0n) is 15.7. The number of rotatable bonds is 4. The van der Waals surface area contributed by atoms with Gasteiger partial charge >= 0.3 is 0 Å². The molecule has 0 aliphatic rings. The van der Waals surface area contributed by atoms with Crippen molar-refractivity contribution in [3.8, 4) is 11.3 Å². The third-order valence-electron chi connectivity index (χ3n) is 4.75. The van der Waals surface area contributed by atoms with Gasteiger partial charge in [0.1, 0.15) is 0 Å². The number of carbonyl (C=O) groups is 1. The van der Waals surface area contributed by atoms with Crippen LogP contribution in [0.3, 0.4) is 0 Å². The summed E-state index contributed by atoms with van der Waals surface area (Å²) in [5.41, 5.74) is 4.74. The summed E-state index contributed by atoms with van der Waals surface area (Å²) in [6.07, 6.45) is 0.879. The first-order valence-corrected chi connectivity index (χ1v) is 10.1. The van der Waals surface area contributed by atoms with E-state index in [9.17, 15) is 4.79 Å². The predicted molar refractivity (Wildman–Crippen MR) is 121 cm³/mol. The third-order valence-corrected chi connectivity index (χ3v) is 5.24. The van der Waals surface area contributed by atoms with Crippen LogP contribution in [0.5, 0.6) is 0 Å². The molecule has 0 spiro atoms. The predicted octanol–water partition coefficient (Wildman–Crippen LogP) is 7.02. The van der Waals surface area contributed by atoms with Crippen LogP contribution in [0.1, 0.15) is 22.8 Å². The minimum Gasteiger partial charge on any atom is -0.322 e. The Morgan fingerprint density at radius 3 is 2.45 bits per heavy atom. The fourth-order valence-corrected chi connectivity index (χ4v) is 3.53. The minimum atomic E-state index is -0.205. The maximum absolute atomic E-state index is 13.2. The van der Waals surface area contributed by atoms with E-state index in [2.05, 4.69) is 12.2 Å². The number of pyridine rings is 1. The molecule has 0 aliphatic heterocycles. The highest BCUT2D eigenvalue weighted by atomic mass is 35.5.